The van der Waals surface area contributed by atoms with E-state index in [2.05, 4.69) is 15.0 Å². The monoisotopic (exact) mass is 391 g/mol. The number of carbonyl (C=O) groups is 2. The average molecular weight is 391 g/mol. The molecule has 0 saturated carbocycles. The second kappa shape index (κ2) is 8.75. The Bertz CT molecular complexity index is 870. The number of pyridine rings is 1. The van der Waals surface area contributed by atoms with Crippen LogP contribution in [0.3, 0.4) is 0 Å². The number of morpholine rings is 1. The fourth-order valence-electron chi connectivity index (χ4n) is 2.84. The number of anilines is 1. The zero-order chi connectivity index (χ0) is 20.1. The van der Waals surface area contributed by atoms with Crippen LogP contribution in [0.5, 0.6) is 5.88 Å². The minimum Gasteiger partial charge on any atom is -0.417 e. The Morgan fingerprint density at radius 1 is 1.25 bits per heavy atom. The van der Waals surface area contributed by atoms with E-state index in [1.807, 2.05) is 0 Å². The fourth-order valence-corrected chi connectivity index (χ4v) is 2.84. The van der Waals surface area contributed by atoms with E-state index < -0.39 is 12.5 Å². The predicted octanol–water partition coefficient (Wildman–Crippen LogP) is 2.72. The maximum atomic E-state index is 12.7. The van der Waals surface area contributed by atoms with Gasteiger partial charge in [-0.25, -0.2) is 4.98 Å². The summed E-state index contributed by atoms with van der Waals surface area (Å²) in [6.45, 7) is 0.716. The van der Waals surface area contributed by atoms with Gasteiger partial charge in [-0.3, -0.25) is 9.59 Å². The molecule has 1 N–H and O–H groups in total. The number of hydrogen-bond acceptors (Lipinski definition) is 5. The number of benzene rings is 1. The van der Waals surface area contributed by atoms with Crippen LogP contribution < -0.4 is 10.1 Å². The number of carbonyl (C=O) groups excluding carboxylic acids is 2. The summed E-state index contributed by atoms with van der Waals surface area (Å²) < 4.78 is 34.1. The zero-order valence-corrected chi connectivity index (χ0v) is 15.2. The molecule has 1 aromatic heterocycles. The molecule has 1 saturated heterocycles. The van der Waals surface area contributed by atoms with Gasteiger partial charge in [-0.1, -0.05) is 6.07 Å². The van der Waals surface area contributed by atoms with Crippen LogP contribution in [0, 0.1) is 6.92 Å². The molecular formula is C19H19F2N3O4. The van der Waals surface area contributed by atoms with Crippen molar-refractivity contribution in [1.82, 2.24) is 9.88 Å². The largest absolute Gasteiger partial charge is 0.417 e. The van der Waals surface area contributed by atoms with Crippen LogP contribution in [-0.2, 0) is 4.74 Å². The molecule has 0 unspecified atom stereocenters. The summed E-state index contributed by atoms with van der Waals surface area (Å²) in [5, 5.41) is 2.70. The Morgan fingerprint density at radius 3 is 2.71 bits per heavy atom. The number of nitrogens with one attached hydrogen (secondary N) is 1. The molecule has 0 bridgehead atoms. The molecule has 0 spiro atoms. The van der Waals surface area contributed by atoms with Crippen molar-refractivity contribution in [3.8, 4) is 5.88 Å². The highest BCUT2D eigenvalue weighted by Gasteiger charge is 2.21. The number of rotatable bonds is 5. The van der Waals surface area contributed by atoms with Crippen molar-refractivity contribution in [2.75, 3.05) is 31.6 Å². The van der Waals surface area contributed by atoms with Crippen LogP contribution in [0.25, 0.3) is 0 Å². The molecule has 0 radical (unpaired) electrons. The van der Waals surface area contributed by atoms with E-state index in [0.717, 1.165) is 6.07 Å². The number of nitrogens with zero attached hydrogens (tertiary/aromatic N) is 2. The molecule has 0 atom stereocenters. The lowest BCUT2D eigenvalue weighted by Gasteiger charge is -2.27. The Kier molecular flexibility index (Phi) is 6.15. The van der Waals surface area contributed by atoms with Gasteiger partial charge < -0.3 is 19.7 Å². The number of ether oxygens (including phenoxy) is 2. The quantitative estimate of drug-likeness (QED) is 0.848. The third-order valence-electron chi connectivity index (χ3n) is 4.32. The topological polar surface area (TPSA) is 80.8 Å². The van der Waals surface area contributed by atoms with Crippen molar-refractivity contribution < 1.29 is 27.8 Å². The molecule has 0 aliphatic carbocycles. The molecule has 1 fully saturated rings. The van der Waals surface area contributed by atoms with Crippen LogP contribution in [0.2, 0.25) is 0 Å². The first-order valence-electron chi connectivity index (χ1n) is 8.64. The first-order chi connectivity index (χ1) is 13.5. The van der Waals surface area contributed by atoms with Crippen molar-refractivity contribution in [3.05, 3.63) is 53.2 Å². The molecular weight excluding hydrogens is 372 g/mol. The Labute approximate surface area is 160 Å². The van der Waals surface area contributed by atoms with E-state index in [0.29, 0.717) is 43.1 Å². The normalized spacial score (nSPS) is 14.1. The van der Waals surface area contributed by atoms with E-state index in [1.165, 1.54) is 12.3 Å². The highest BCUT2D eigenvalue weighted by molar-refractivity contribution is 6.06. The van der Waals surface area contributed by atoms with Gasteiger partial charge in [0, 0.05) is 42.2 Å². The van der Waals surface area contributed by atoms with Gasteiger partial charge in [-0.15, -0.1) is 0 Å². The third-order valence-corrected chi connectivity index (χ3v) is 4.32. The van der Waals surface area contributed by atoms with E-state index in [9.17, 15) is 18.4 Å². The minimum atomic E-state index is -3.03. The van der Waals surface area contributed by atoms with Crippen molar-refractivity contribution >= 4 is 17.5 Å². The molecule has 1 aliphatic rings. The van der Waals surface area contributed by atoms with Gasteiger partial charge in [0.15, 0.2) is 0 Å². The molecule has 2 amide bonds. The highest BCUT2D eigenvalue weighted by Crippen LogP contribution is 2.22. The first kappa shape index (κ1) is 19.7. The van der Waals surface area contributed by atoms with Gasteiger partial charge in [0.1, 0.15) is 0 Å². The lowest BCUT2D eigenvalue weighted by atomic mass is 10.0. The molecule has 3 rings (SSSR count). The number of aromatic nitrogens is 1. The summed E-state index contributed by atoms with van der Waals surface area (Å²) in [6.07, 6.45) is 1.21. The Morgan fingerprint density at radius 2 is 2.00 bits per heavy atom. The smallest absolute Gasteiger partial charge is 0.388 e. The Balaban J connectivity index is 1.77. The molecule has 2 aromatic rings. The highest BCUT2D eigenvalue weighted by atomic mass is 19.3. The number of hydrogen-bond donors (Lipinski definition) is 1. The van der Waals surface area contributed by atoms with Gasteiger partial charge in [-0.05, 0) is 30.7 Å². The van der Waals surface area contributed by atoms with Crippen LogP contribution in [-0.4, -0.2) is 54.6 Å². The van der Waals surface area contributed by atoms with Crippen molar-refractivity contribution in [3.63, 3.8) is 0 Å². The Hall–Kier alpha value is -3.07. The SMILES string of the molecule is Cc1c(NC(=O)c2ccnc(OC(F)F)c2)cccc1C(=O)N1CCOCC1. The summed E-state index contributed by atoms with van der Waals surface area (Å²) in [7, 11) is 0. The fraction of sp³-hybridized carbons (Fsp3) is 0.316. The summed E-state index contributed by atoms with van der Waals surface area (Å²) in [4.78, 5) is 30.6. The molecule has 28 heavy (non-hydrogen) atoms. The van der Waals surface area contributed by atoms with Gasteiger partial charge in [-0.2, -0.15) is 8.78 Å². The molecule has 7 nitrogen and oxygen atoms in total. The predicted molar refractivity (Wildman–Crippen MR) is 96.7 cm³/mol. The van der Waals surface area contributed by atoms with Crippen LogP contribution in [0.15, 0.2) is 36.5 Å². The molecule has 148 valence electrons. The average Bonchev–Trinajstić information content (AvgIpc) is 2.69. The first-order valence-corrected chi connectivity index (χ1v) is 8.64. The number of alkyl halides is 2. The van der Waals surface area contributed by atoms with Crippen LogP contribution >= 0.6 is 0 Å². The number of amides is 2. The summed E-state index contributed by atoms with van der Waals surface area (Å²) >= 11 is 0. The van der Waals surface area contributed by atoms with E-state index in [4.69, 9.17) is 4.74 Å². The van der Waals surface area contributed by atoms with Crippen molar-refractivity contribution in [1.29, 1.82) is 0 Å². The maximum Gasteiger partial charge on any atom is 0.388 e. The van der Waals surface area contributed by atoms with Crippen molar-refractivity contribution in [2.24, 2.45) is 0 Å². The molecule has 2 heterocycles. The molecule has 1 aliphatic heterocycles. The van der Waals surface area contributed by atoms with E-state index in [1.54, 1.807) is 30.0 Å². The third kappa shape index (κ3) is 4.61. The van der Waals surface area contributed by atoms with Gasteiger partial charge in [0.2, 0.25) is 5.88 Å². The molecule has 1 aromatic carbocycles. The standard InChI is InChI=1S/C19H19F2N3O4/c1-12-14(18(26)24-7-9-27-10-8-24)3-2-4-15(12)23-17(25)13-5-6-22-16(11-13)28-19(20)21/h2-6,11,19H,7-10H2,1H3,(H,23,25). The summed E-state index contributed by atoms with van der Waals surface area (Å²) in [5.41, 5.74) is 1.66. The van der Waals surface area contributed by atoms with Crippen LogP contribution in [0.4, 0.5) is 14.5 Å². The summed E-state index contributed by atoms with van der Waals surface area (Å²) in [5.74, 6) is -1.01. The van der Waals surface area contributed by atoms with Gasteiger partial charge in [0.25, 0.3) is 11.8 Å². The zero-order valence-electron chi connectivity index (χ0n) is 15.2. The van der Waals surface area contributed by atoms with Gasteiger partial charge in [0.05, 0.1) is 13.2 Å². The summed E-state index contributed by atoms with van der Waals surface area (Å²) in [6, 6.07) is 7.55. The van der Waals surface area contributed by atoms with Crippen molar-refractivity contribution in [2.45, 2.75) is 13.5 Å². The van der Waals surface area contributed by atoms with Gasteiger partial charge >= 0.3 is 6.61 Å². The van der Waals surface area contributed by atoms with E-state index >= 15 is 0 Å². The van der Waals surface area contributed by atoms with Crippen LogP contribution in [0.1, 0.15) is 26.3 Å². The lowest BCUT2D eigenvalue weighted by molar-refractivity contribution is -0.0528. The molecule has 9 heteroatoms. The minimum absolute atomic E-state index is 0.106. The maximum absolute atomic E-state index is 12.7. The second-order valence-electron chi connectivity index (χ2n) is 6.10. The van der Waals surface area contributed by atoms with E-state index in [-0.39, 0.29) is 17.4 Å². The number of halogens is 2. The lowest BCUT2D eigenvalue weighted by Crippen LogP contribution is -2.41. The second-order valence-corrected chi connectivity index (χ2v) is 6.10.